The molecule has 0 amide bonds. The minimum Gasteiger partial charge on any atom is -0.338 e. The molecule has 0 radical (unpaired) electrons. The number of hydrogen-bond acceptors (Lipinski definition) is 5. The number of likely N-dealkylation sites (N-methyl/N-ethyl adjacent to an activating group) is 1. The van der Waals surface area contributed by atoms with Crippen molar-refractivity contribution in [2.24, 2.45) is 0 Å². The molecule has 4 nitrogen and oxygen atoms in total. The predicted molar refractivity (Wildman–Crippen MR) is 84.9 cm³/mol. The first-order valence-corrected chi connectivity index (χ1v) is 8.17. The molecule has 0 bridgehead atoms. The molecular formula is C14H18BrN3OS. The van der Waals surface area contributed by atoms with E-state index in [-0.39, 0.29) is 5.25 Å². The highest BCUT2D eigenvalue weighted by Crippen LogP contribution is 2.34. The zero-order chi connectivity index (χ0) is 14.5. The Labute approximate surface area is 131 Å². The molecule has 2 aromatic rings. The minimum atomic E-state index is 0.141. The van der Waals surface area contributed by atoms with Crippen molar-refractivity contribution in [2.45, 2.75) is 36.5 Å². The topological polar surface area (TPSA) is 51.0 Å². The van der Waals surface area contributed by atoms with Crippen LogP contribution in [0.4, 0.5) is 0 Å². The summed E-state index contributed by atoms with van der Waals surface area (Å²) < 4.78 is 6.43. The molecule has 1 aromatic heterocycles. The maximum atomic E-state index is 5.35. The minimum absolute atomic E-state index is 0.141. The van der Waals surface area contributed by atoms with E-state index >= 15 is 0 Å². The molecule has 0 saturated carbocycles. The van der Waals surface area contributed by atoms with Gasteiger partial charge in [-0.1, -0.05) is 21.1 Å². The van der Waals surface area contributed by atoms with Gasteiger partial charge in [-0.2, -0.15) is 4.98 Å². The lowest BCUT2D eigenvalue weighted by molar-refractivity contribution is 0.373. The Hall–Kier alpha value is -0.850. The molecule has 20 heavy (non-hydrogen) atoms. The molecule has 2 unspecified atom stereocenters. The van der Waals surface area contributed by atoms with Crippen molar-refractivity contribution in [3.63, 3.8) is 0 Å². The van der Waals surface area contributed by atoms with E-state index in [1.165, 1.54) is 4.90 Å². The van der Waals surface area contributed by atoms with Crippen LogP contribution in [-0.2, 0) is 6.42 Å². The van der Waals surface area contributed by atoms with Gasteiger partial charge in [-0.15, -0.1) is 11.8 Å². The van der Waals surface area contributed by atoms with E-state index in [0.717, 1.165) is 16.7 Å². The zero-order valence-electron chi connectivity index (χ0n) is 11.8. The van der Waals surface area contributed by atoms with Gasteiger partial charge >= 0.3 is 0 Å². The van der Waals surface area contributed by atoms with E-state index in [9.17, 15) is 0 Å². The van der Waals surface area contributed by atoms with Crippen LogP contribution in [0.3, 0.4) is 0 Å². The number of halogens is 1. The maximum Gasteiger partial charge on any atom is 0.239 e. The number of rotatable bonds is 6. The second-order valence-corrected chi connectivity index (χ2v) is 6.99. The van der Waals surface area contributed by atoms with Crippen molar-refractivity contribution in [2.75, 3.05) is 7.05 Å². The van der Waals surface area contributed by atoms with Gasteiger partial charge in [0.1, 0.15) is 0 Å². The van der Waals surface area contributed by atoms with Gasteiger partial charge in [-0.3, -0.25) is 0 Å². The third kappa shape index (κ3) is 4.33. The second kappa shape index (κ2) is 7.24. The van der Waals surface area contributed by atoms with Gasteiger partial charge in [-0.05, 0) is 45.2 Å². The molecule has 0 aliphatic heterocycles. The lowest BCUT2D eigenvalue weighted by atomic mass is 10.2. The number of nitrogens with zero attached hydrogens (tertiary/aromatic N) is 2. The number of aromatic nitrogens is 2. The first-order chi connectivity index (χ1) is 9.58. The number of thioether (sulfide) groups is 1. The summed E-state index contributed by atoms with van der Waals surface area (Å²) >= 11 is 5.14. The highest BCUT2D eigenvalue weighted by molar-refractivity contribution is 9.10. The fourth-order valence-electron chi connectivity index (χ4n) is 1.66. The zero-order valence-corrected chi connectivity index (χ0v) is 14.2. The Balaban J connectivity index is 1.98. The number of hydrogen-bond donors (Lipinski definition) is 1. The fraction of sp³-hybridized carbons (Fsp3) is 0.429. The van der Waals surface area contributed by atoms with Crippen molar-refractivity contribution in [1.82, 2.24) is 15.5 Å². The van der Waals surface area contributed by atoms with Crippen molar-refractivity contribution in [3.8, 4) is 0 Å². The van der Waals surface area contributed by atoms with Crippen molar-refractivity contribution < 1.29 is 4.52 Å². The highest BCUT2D eigenvalue weighted by Gasteiger charge is 2.16. The van der Waals surface area contributed by atoms with Gasteiger partial charge in [0.2, 0.25) is 5.89 Å². The van der Waals surface area contributed by atoms with Crippen LogP contribution in [0.25, 0.3) is 0 Å². The maximum absolute atomic E-state index is 5.35. The van der Waals surface area contributed by atoms with Crippen LogP contribution >= 0.6 is 27.7 Å². The van der Waals surface area contributed by atoms with E-state index in [4.69, 9.17) is 4.52 Å². The van der Waals surface area contributed by atoms with Gasteiger partial charge in [0.25, 0.3) is 0 Å². The summed E-state index contributed by atoms with van der Waals surface area (Å²) in [4.78, 5) is 5.65. The van der Waals surface area contributed by atoms with Crippen LogP contribution in [0.15, 0.2) is 38.2 Å². The lowest BCUT2D eigenvalue weighted by Crippen LogP contribution is -2.24. The van der Waals surface area contributed by atoms with Crippen LogP contribution in [0.2, 0.25) is 0 Å². The van der Waals surface area contributed by atoms with Crippen molar-refractivity contribution in [3.05, 3.63) is 40.5 Å². The monoisotopic (exact) mass is 355 g/mol. The van der Waals surface area contributed by atoms with E-state index in [2.05, 4.69) is 57.4 Å². The molecular weight excluding hydrogens is 338 g/mol. The lowest BCUT2D eigenvalue weighted by Gasteiger charge is -2.06. The third-order valence-electron chi connectivity index (χ3n) is 2.94. The smallest absolute Gasteiger partial charge is 0.239 e. The summed E-state index contributed by atoms with van der Waals surface area (Å²) in [5.74, 6) is 1.43. The SMILES string of the molecule is CNC(C)Cc1noc(C(C)Sc2ccc(Br)cc2)n1. The summed E-state index contributed by atoms with van der Waals surface area (Å²) in [6.45, 7) is 4.17. The van der Waals surface area contributed by atoms with Gasteiger partial charge < -0.3 is 9.84 Å². The average Bonchev–Trinajstić information content (AvgIpc) is 2.89. The van der Waals surface area contributed by atoms with Crippen molar-refractivity contribution >= 4 is 27.7 Å². The molecule has 0 aliphatic rings. The molecule has 0 fully saturated rings. The molecule has 0 aliphatic carbocycles. The molecule has 0 spiro atoms. The molecule has 108 valence electrons. The van der Waals surface area contributed by atoms with Gasteiger partial charge in [0.15, 0.2) is 5.82 Å². The van der Waals surface area contributed by atoms with Crippen LogP contribution < -0.4 is 5.32 Å². The molecule has 6 heteroatoms. The van der Waals surface area contributed by atoms with E-state index in [1.807, 2.05) is 19.2 Å². The molecule has 1 N–H and O–H groups in total. The Kier molecular flexibility index (Phi) is 5.63. The Morgan fingerprint density at radius 2 is 2.00 bits per heavy atom. The normalized spacial score (nSPS) is 14.2. The number of benzene rings is 1. The Morgan fingerprint density at radius 1 is 1.30 bits per heavy atom. The number of nitrogens with one attached hydrogen (secondary N) is 1. The Morgan fingerprint density at radius 3 is 2.65 bits per heavy atom. The van der Waals surface area contributed by atoms with E-state index in [0.29, 0.717) is 11.9 Å². The van der Waals surface area contributed by atoms with Crippen LogP contribution in [0.1, 0.15) is 30.8 Å². The summed E-state index contributed by atoms with van der Waals surface area (Å²) in [6.07, 6.45) is 0.773. The molecule has 1 aromatic carbocycles. The summed E-state index contributed by atoms with van der Waals surface area (Å²) in [5, 5.41) is 7.34. The fourth-order valence-corrected chi connectivity index (χ4v) is 2.82. The third-order valence-corrected chi connectivity index (χ3v) is 4.57. The van der Waals surface area contributed by atoms with Gasteiger partial charge in [0.05, 0.1) is 5.25 Å². The Bertz CT molecular complexity index is 544. The first-order valence-electron chi connectivity index (χ1n) is 6.50. The molecule has 1 heterocycles. The average molecular weight is 356 g/mol. The molecule has 2 atom stereocenters. The van der Waals surface area contributed by atoms with E-state index < -0.39 is 0 Å². The predicted octanol–water partition coefficient (Wildman–Crippen LogP) is 3.84. The standard InChI is InChI=1S/C14H18BrN3OS/c1-9(16-3)8-13-17-14(19-18-13)10(2)20-12-6-4-11(15)5-7-12/h4-7,9-10,16H,8H2,1-3H3. The quantitative estimate of drug-likeness (QED) is 0.797. The largest absolute Gasteiger partial charge is 0.338 e. The summed E-state index contributed by atoms with van der Waals surface area (Å²) in [7, 11) is 1.93. The molecule has 2 rings (SSSR count). The second-order valence-electron chi connectivity index (χ2n) is 4.66. The van der Waals surface area contributed by atoms with Crippen LogP contribution in [0, 0.1) is 0 Å². The molecule has 0 saturated heterocycles. The van der Waals surface area contributed by atoms with E-state index in [1.54, 1.807) is 11.8 Å². The van der Waals surface area contributed by atoms with Crippen molar-refractivity contribution in [1.29, 1.82) is 0 Å². The van der Waals surface area contributed by atoms with Crippen LogP contribution in [0.5, 0.6) is 0 Å². The van der Waals surface area contributed by atoms with Crippen LogP contribution in [-0.4, -0.2) is 23.2 Å². The van der Waals surface area contributed by atoms with Gasteiger partial charge in [0, 0.05) is 21.8 Å². The van der Waals surface area contributed by atoms with Gasteiger partial charge in [-0.25, -0.2) is 0 Å². The summed E-state index contributed by atoms with van der Waals surface area (Å²) in [6, 6.07) is 8.55. The summed E-state index contributed by atoms with van der Waals surface area (Å²) in [5.41, 5.74) is 0. The first kappa shape index (κ1) is 15.5. The highest BCUT2D eigenvalue weighted by atomic mass is 79.9.